The Balaban J connectivity index is 1.23. The van der Waals surface area contributed by atoms with Crippen LogP contribution in [0.2, 0.25) is 0 Å². The first kappa shape index (κ1) is 24.3. The van der Waals surface area contributed by atoms with E-state index in [2.05, 4.69) is 66.1 Å². The number of pyridine rings is 1. The molecule has 7 rings (SSSR count). The van der Waals surface area contributed by atoms with Gasteiger partial charge in [-0.2, -0.15) is 5.10 Å². The van der Waals surface area contributed by atoms with Crippen LogP contribution in [0.5, 0.6) is 0 Å². The van der Waals surface area contributed by atoms with Crippen LogP contribution in [0.3, 0.4) is 0 Å². The molecule has 200 valence electrons. The molecule has 7 nitrogen and oxygen atoms in total. The highest BCUT2D eigenvalue weighted by Crippen LogP contribution is 2.53. The van der Waals surface area contributed by atoms with Gasteiger partial charge in [0.05, 0.1) is 11.7 Å². The van der Waals surface area contributed by atoms with Gasteiger partial charge >= 0.3 is 0 Å². The second-order valence-corrected chi connectivity index (χ2v) is 13.0. The fourth-order valence-electron chi connectivity index (χ4n) is 7.47. The highest BCUT2D eigenvalue weighted by atomic mass is 32.1. The predicted molar refractivity (Wildman–Crippen MR) is 149 cm³/mol. The largest absolute Gasteiger partial charge is 0.346 e. The molecule has 4 aromatic heterocycles. The molecule has 2 N–H and O–H groups in total. The molecular weight excluding hydrogens is 499 g/mol. The number of likely N-dealkylation sites (tertiary alicyclic amines) is 1. The highest BCUT2D eigenvalue weighted by molar-refractivity contribution is 7.19. The second-order valence-electron chi connectivity index (χ2n) is 12.0. The number of carbonyl (C=O) groups is 1. The van der Waals surface area contributed by atoms with Gasteiger partial charge < -0.3 is 15.2 Å². The molecule has 1 saturated carbocycles. The van der Waals surface area contributed by atoms with Crippen LogP contribution in [-0.4, -0.2) is 61.7 Å². The number of aryl methyl sites for hydroxylation is 2. The Hall–Kier alpha value is -2.78. The van der Waals surface area contributed by atoms with Crippen molar-refractivity contribution < 1.29 is 9.18 Å². The van der Waals surface area contributed by atoms with Gasteiger partial charge in [-0.25, -0.2) is 13.9 Å². The summed E-state index contributed by atoms with van der Waals surface area (Å²) in [6, 6.07) is -0.0711. The van der Waals surface area contributed by atoms with E-state index >= 15 is 0 Å². The molecule has 5 atom stereocenters. The Kier molecular flexibility index (Phi) is 5.50. The number of hydrogen-bond donors (Lipinski definition) is 2. The summed E-state index contributed by atoms with van der Waals surface area (Å²) < 4.78 is 15.6. The maximum Gasteiger partial charge on any atom is 0.240 e. The lowest BCUT2D eigenvalue weighted by Crippen LogP contribution is -2.47. The van der Waals surface area contributed by atoms with Crippen LogP contribution in [0.25, 0.3) is 27.1 Å². The van der Waals surface area contributed by atoms with E-state index in [1.54, 1.807) is 6.33 Å². The van der Waals surface area contributed by atoms with Crippen LogP contribution in [0.15, 0.2) is 12.5 Å². The number of piperidine rings is 1. The van der Waals surface area contributed by atoms with Crippen molar-refractivity contribution >= 4 is 33.1 Å². The maximum absolute atomic E-state index is 13.7. The van der Waals surface area contributed by atoms with Gasteiger partial charge in [0.15, 0.2) is 5.65 Å². The van der Waals surface area contributed by atoms with Crippen LogP contribution in [0.4, 0.5) is 4.39 Å². The summed E-state index contributed by atoms with van der Waals surface area (Å²) in [5, 5.41) is 8.87. The summed E-state index contributed by atoms with van der Waals surface area (Å²) in [5.41, 5.74) is 8.41. The van der Waals surface area contributed by atoms with Gasteiger partial charge in [0.1, 0.15) is 17.3 Å². The SMILES string of the molecule is Cc1c(-c2[nH]c3sc([C@@H]4C[C@@H]5C[C@H]4CN5C(=O)[C@@H]4C[C@H](F)CN4)c(C)c3c2C(C)C)cn2ncnc2c1C. The number of hydrogen-bond acceptors (Lipinski definition) is 5. The predicted octanol–water partition coefficient (Wildman–Crippen LogP) is 5.39. The zero-order chi connectivity index (χ0) is 26.5. The topological polar surface area (TPSA) is 78.3 Å². The summed E-state index contributed by atoms with van der Waals surface area (Å²) >= 11 is 1.90. The molecule has 3 aliphatic rings. The molecule has 3 fully saturated rings. The number of rotatable bonds is 4. The Bertz CT molecular complexity index is 1580. The molecule has 2 saturated heterocycles. The zero-order valence-corrected chi connectivity index (χ0v) is 23.5. The van der Waals surface area contributed by atoms with E-state index in [-0.39, 0.29) is 18.0 Å². The average Bonchev–Trinajstić information content (AvgIpc) is 3.71. The Morgan fingerprint density at radius 1 is 1.16 bits per heavy atom. The van der Waals surface area contributed by atoms with Gasteiger partial charge in [-0.3, -0.25) is 4.79 Å². The van der Waals surface area contributed by atoms with E-state index in [4.69, 9.17) is 0 Å². The van der Waals surface area contributed by atoms with Crippen molar-refractivity contribution in [3.8, 4) is 11.3 Å². The number of thiophene rings is 1. The van der Waals surface area contributed by atoms with Crippen LogP contribution in [0, 0.1) is 26.7 Å². The summed E-state index contributed by atoms with van der Waals surface area (Å²) in [7, 11) is 0. The van der Waals surface area contributed by atoms with Gasteiger partial charge in [0.2, 0.25) is 5.91 Å². The van der Waals surface area contributed by atoms with Crippen molar-refractivity contribution in [3.63, 3.8) is 0 Å². The van der Waals surface area contributed by atoms with Crippen molar-refractivity contribution in [3.05, 3.63) is 39.7 Å². The van der Waals surface area contributed by atoms with E-state index in [0.717, 1.165) is 30.6 Å². The molecule has 4 aromatic rings. The summed E-state index contributed by atoms with van der Waals surface area (Å²) in [6.45, 7) is 12.2. The average molecular weight is 535 g/mol. The molecule has 2 aliphatic heterocycles. The van der Waals surface area contributed by atoms with Crippen LogP contribution >= 0.6 is 11.3 Å². The third kappa shape index (κ3) is 3.43. The number of aromatic amines is 1. The molecule has 6 heterocycles. The first-order chi connectivity index (χ1) is 18.2. The summed E-state index contributed by atoms with van der Waals surface area (Å²) in [5.74, 6) is 1.43. The minimum Gasteiger partial charge on any atom is -0.346 e. The molecule has 9 heteroatoms. The molecule has 0 spiro atoms. The minimum atomic E-state index is -0.904. The van der Waals surface area contributed by atoms with Gasteiger partial charge in [-0.05, 0) is 67.7 Å². The van der Waals surface area contributed by atoms with Gasteiger partial charge in [-0.1, -0.05) is 13.8 Å². The van der Waals surface area contributed by atoms with Crippen molar-refractivity contribution in [1.29, 1.82) is 0 Å². The number of alkyl halides is 1. The van der Waals surface area contributed by atoms with Crippen molar-refractivity contribution in [2.24, 2.45) is 5.92 Å². The molecule has 0 unspecified atom stereocenters. The lowest BCUT2D eigenvalue weighted by atomic mass is 9.88. The van der Waals surface area contributed by atoms with Crippen molar-refractivity contribution in [1.82, 2.24) is 29.8 Å². The molecular formula is C29H35FN6OS. The highest BCUT2D eigenvalue weighted by Gasteiger charge is 2.49. The van der Waals surface area contributed by atoms with E-state index in [1.807, 2.05) is 15.9 Å². The van der Waals surface area contributed by atoms with Crippen LogP contribution in [-0.2, 0) is 4.79 Å². The standard InChI is InChI=1S/C29H35FN6OS/c1-13(2)23-24-16(5)26(20-8-19-6-17(20)10-35(19)29(37)22-7-18(30)9-31-22)38-28(24)34-25(23)21-11-36-27(32-12-33-36)15(4)14(21)3/h11-13,17-20,22,31,34H,6-10H2,1-5H3/t17-,18-,19-,20+,22-/m0/s1. The first-order valence-electron chi connectivity index (χ1n) is 13.9. The number of H-pyrrole nitrogens is 1. The minimum absolute atomic E-state index is 0.104. The number of nitrogens with one attached hydrogen (secondary N) is 2. The van der Waals surface area contributed by atoms with Crippen LogP contribution < -0.4 is 5.32 Å². The Morgan fingerprint density at radius 2 is 1.97 bits per heavy atom. The molecule has 1 amide bonds. The Morgan fingerprint density at radius 3 is 2.66 bits per heavy atom. The second kappa shape index (κ2) is 8.61. The van der Waals surface area contributed by atoms with E-state index in [9.17, 15) is 9.18 Å². The third-order valence-corrected chi connectivity index (χ3v) is 10.8. The third-order valence-electron chi connectivity index (χ3n) is 9.47. The fourth-order valence-corrected chi connectivity index (χ4v) is 8.91. The van der Waals surface area contributed by atoms with Crippen molar-refractivity contribution in [2.75, 3.05) is 13.1 Å². The number of halogens is 1. The quantitative estimate of drug-likeness (QED) is 0.368. The molecule has 38 heavy (non-hydrogen) atoms. The van der Waals surface area contributed by atoms with Crippen LogP contribution in [0.1, 0.15) is 72.1 Å². The van der Waals surface area contributed by atoms with Crippen molar-refractivity contribution in [2.45, 2.75) is 84.0 Å². The van der Waals surface area contributed by atoms with E-state index in [0.29, 0.717) is 30.7 Å². The molecule has 0 aromatic carbocycles. The monoisotopic (exact) mass is 534 g/mol. The molecule has 2 bridgehead atoms. The normalized spacial score (nSPS) is 27.1. The summed E-state index contributed by atoms with van der Waals surface area (Å²) in [4.78, 5) is 26.1. The number of carbonyl (C=O) groups excluding carboxylic acids is 1. The zero-order valence-electron chi connectivity index (χ0n) is 22.6. The molecule has 0 radical (unpaired) electrons. The molecule has 1 aliphatic carbocycles. The number of aromatic nitrogens is 4. The van der Waals surface area contributed by atoms with Gasteiger partial charge in [0.25, 0.3) is 0 Å². The van der Waals surface area contributed by atoms with E-state index in [1.165, 1.54) is 43.0 Å². The number of fused-ring (bicyclic) bond motifs is 4. The fraction of sp³-hybridized carbons (Fsp3) is 0.552. The summed E-state index contributed by atoms with van der Waals surface area (Å²) in [6.07, 6.45) is 5.20. The number of amides is 1. The van der Waals surface area contributed by atoms with Gasteiger partial charge in [0, 0.05) is 53.5 Å². The van der Waals surface area contributed by atoms with Gasteiger partial charge in [-0.15, -0.1) is 11.3 Å². The lowest BCUT2D eigenvalue weighted by molar-refractivity contribution is -0.134. The Labute approximate surface area is 225 Å². The number of nitrogens with zero attached hydrogens (tertiary/aromatic N) is 4. The van der Waals surface area contributed by atoms with E-state index < -0.39 is 6.17 Å². The smallest absolute Gasteiger partial charge is 0.240 e. The first-order valence-corrected chi connectivity index (χ1v) is 14.7. The lowest BCUT2D eigenvalue weighted by Gasteiger charge is -2.33. The maximum atomic E-state index is 13.7.